The van der Waals surface area contributed by atoms with Gasteiger partial charge >= 0.3 is 0 Å². The quantitative estimate of drug-likeness (QED) is 0.815. The van der Waals surface area contributed by atoms with Crippen LogP contribution in [0.3, 0.4) is 0 Å². The zero-order valence-electron chi connectivity index (χ0n) is 9.98. The molecule has 2 rings (SSSR count). The summed E-state index contributed by atoms with van der Waals surface area (Å²) in [5.41, 5.74) is 0.0209. The zero-order valence-corrected chi connectivity index (χ0v) is 10.8. The Bertz CT molecular complexity index is 508. The van der Waals surface area contributed by atoms with Crippen LogP contribution in [0, 0.1) is 11.2 Å². The summed E-state index contributed by atoms with van der Waals surface area (Å²) in [6.07, 6.45) is 0.855. The van der Waals surface area contributed by atoms with E-state index < -0.39 is 15.8 Å². The number of rotatable bonds is 2. The highest BCUT2D eigenvalue weighted by Gasteiger charge is 2.36. The summed E-state index contributed by atoms with van der Waals surface area (Å²) in [4.78, 5) is 0.164. The van der Waals surface area contributed by atoms with Crippen LogP contribution in [0.4, 0.5) is 4.39 Å². The van der Waals surface area contributed by atoms with E-state index in [9.17, 15) is 12.8 Å². The van der Waals surface area contributed by atoms with E-state index in [1.54, 1.807) is 0 Å². The third-order valence-electron chi connectivity index (χ3n) is 3.09. The first-order valence-electron chi connectivity index (χ1n) is 5.57. The van der Waals surface area contributed by atoms with E-state index in [1.807, 2.05) is 13.8 Å². The predicted molar refractivity (Wildman–Crippen MR) is 63.6 cm³/mol. The van der Waals surface area contributed by atoms with Gasteiger partial charge < -0.3 is 0 Å². The normalized spacial score (nSPS) is 20.6. The molecule has 3 nitrogen and oxygen atoms in total. The van der Waals surface area contributed by atoms with Gasteiger partial charge in [-0.25, -0.2) is 12.8 Å². The first kappa shape index (κ1) is 12.5. The summed E-state index contributed by atoms with van der Waals surface area (Å²) < 4.78 is 38.7. The van der Waals surface area contributed by atoms with Gasteiger partial charge in [0.2, 0.25) is 10.0 Å². The molecule has 1 fully saturated rings. The summed E-state index contributed by atoms with van der Waals surface area (Å²) in [6, 6.07) is 4.98. The summed E-state index contributed by atoms with van der Waals surface area (Å²) in [7, 11) is -3.46. The summed E-state index contributed by atoms with van der Waals surface area (Å²) >= 11 is 0. The van der Waals surface area contributed by atoms with Crippen LogP contribution in [0.1, 0.15) is 20.3 Å². The van der Waals surface area contributed by atoms with Crippen LogP contribution in [0.25, 0.3) is 0 Å². The second kappa shape index (κ2) is 4.07. The lowest BCUT2D eigenvalue weighted by Crippen LogP contribution is -2.30. The van der Waals surface area contributed by atoms with Crippen LogP contribution < -0.4 is 0 Å². The highest BCUT2D eigenvalue weighted by molar-refractivity contribution is 7.89. The fourth-order valence-corrected chi connectivity index (χ4v) is 3.65. The Hall–Kier alpha value is -0.940. The molecule has 0 bridgehead atoms. The third kappa shape index (κ3) is 2.50. The molecule has 17 heavy (non-hydrogen) atoms. The number of nitrogens with zero attached hydrogens (tertiary/aromatic N) is 1. The van der Waals surface area contributed by atoms with Gasteiger partial charge in [-0.05, 0) is 36.1 Å². The lowest BCUT2D eigenvalue weighted by molar-refractivity contribution is 0.375. The van der Waals surface area contributed by atoms with Gasteiger partial charge in [0.05, 0.1) is 4.90 Å². The van der Waals surface area contributed by atoms with Crippen LogP contribution >= 0.6 is 0 Å². The van der Waals surface area contributed by atoms with Crippen molar-refractivity contribution in [1.29, 1.82) is 0 Å². The van der Waals surface area contributed by atoms with Gasteiger partial charge in [0.1, 0.15) is 5.82 Å². The van der Waals surface area contributed by atoms with Crippen LogP contribution in [0.2, 0.25) is 0 Å². The third-order valence-corrected chi connectivity index (χ3v) is 4.95. The molecule has 1 heterocycles. The van der Waals surface area contributed by atoms with Crippen LogP contribution in [0.15, 0.2) is 29.2 Å². The first-order chi connectivity index (χ1) is 7.81. The standard InChI is InChI=1S/C12H16FNO2S/c1-12(2)7-8-14(9-12)17(15,16)11-5-3-10(13)4-6-11/h3-6H,7-9H2,1-2H3. The van der Waals surface area contributed by atoms with E-state index in [2.05, 4.69) is 0 Å². The maximum Gasteiger partial charge on any atom is 0.243 e. The first-order valence-corrected chi connectivity index (χ1v) is 7.01. The predicted octanol–water partition coefficient (Wildman–Crippen LogP) is 2.25. The molecule has 0 aliphatic carbocycles. The van der Waals surface area contributed by atoms with Crippen molar-refractivity contribution in [3.63, 3.8) is 0 Å². The summed E-state index contributed by atoms with van der Waals surface area (Å²) in [5, 5.41) is 0. The van der Waals surface area contributed by atoms with Crippen LogP contribution in [-0.2, 0) is 10.0 Å². The summed E-state index contributed by atoms with van der Waals surface area (Å²) in [5.74, 6) is -0.425. The van der Waals surface area contributed by atoms with E-state index in [4.69, 9.17) is 0 Å². The lowest BCUT2D eigenvalue weighted by Gasteiger charge is -2.19. The van der Waals surface area contributed by atoms with Crippen molar-refractivity contribution in [3.8, 4) is 0 Å². The van der Waals surface area contributed by atoms with Crippen molar-refractivity contribution in [3.05, 3.63) is 30.1 Å². The minimum atomic E-state index is -3.46. The number of benzene rings is 1. The molecule has 0 saturated carbocycles. The molecule has 0 spiro atoms. The van der Waals surface area contributed by atoms with Crippen LogP contribution in [0.5, 0.6) is 0 Å². The molecular formula is C12H16FNO2S. The monoisotopic (exact) mass is 257 g/mol. The molecule has 1 aromatic carbocycles. The molecule has 0 atom stereocenters. The fourth-order valence-electron chi connectivity index (χ4n) is 2.02. The fraction of sp³-hybridized carbons (Fsp3) is 0.500. The van der Waals surface area contributed by atoms with Crippen molar-refractivity contribution >= 4 is 10.0 Å². The van der Waals surface area contributed by atoms with Gasteiger partial charge in [-0.3, -0.25) is 0 Å². The molecule has 1 aliphatic heterocycles. The van der Waals surface area contributed by atoms with E-state index in [0.29, 0.717) is 13.1 Å². The lowest BCUT2D eigenvalue weighted by atomic mass is 9.93. The van der Waals surface area contributed by atoms with Gasteiger partial charge in [0.25, 0.3) is 0 Å². The average molecular weight is 257 g/mol. The van der Waals surface area contributed by atoms with Crippen molar-refractivity contribution in [2.75, 3.05) is 13.1 Å². The van der Waals surface area contributed by atoms with E-state index in [-0.39, 0.29) is 10.3 Å². The minimum Gasteiger partial charge on any atom is -0.207 e. The molecule has 0 N–H and O–H groups in total. The molecule has 0 radical (unpaired) electrons. The SMILES string of the molecule is CC1(C)CCN(S(=O)(=O)c2ccc(F)cc2)C1. The van der Waals surface area contributed by atoms with Gasteiger partial charge in [-0.2, -0.15) is 4.31 Å². The highest BCUT2D eigenvalue weighted by atomic mass is 32.2. The van der Waals surface area contributed by atoms with Crippen molar-refractivity contribution in [2.24, 2.45) is 5.41 Å². The van der Waals surface area contributed by atoms with Gasteiger partial charge in [-0.1, -0.05) is 13.8 Å². The minimum absolute atomic E-state index is 0.0209. The van der Waals surface area contributed by atoms with E-state index in [1.165, 1.54) is 28.6 Å². The van der Waals surface area contributed by atoms with Gasteiger partial charge in [0.15, 0.2) is 0 Å². The largest absolute Gasteiger partial charge is 0.243 e. The number of hydrogen-bond acceptors (Lipinski definition) is 2. The molecule has 1 aromatic rings. The smallest absolute Gasteiger partial charge is 0.207 e. The zero-order chi connectivity index (χ0) is 12.7. The van der Waals surface area contributed by atoms with Gasteiger partial charge in [-0.15, -0.1) is 0 Å². The maximum atomic E-state index is 12.8. The summed E-state index contributed by atoms with van der Waals surface area (Å²) in [6.45, 7) is 5.15. The Labute approximate surface area is 101 Å². The Morgan fingerprint density at radius 2 is 1.82 bits per heavy atom. The van der Waals surface area contributed by atoms with Crippen molar-refractivity contribution in [2.45, 2.75) is 25.2 Å². The van der Waals surface area contributed by atoms with E-state index in [0.717, 1.165) is 6.42 Å². The van der Waals surface area contributed by atoms with Gasteiger partial charge in [0, 0.05) is 13.1 Å². The molecule has 1 saturated heterocycles. The van der Waals surface area contributed by atoms with Crippen molar-refractivity contribution < 1.29 is 12.8 Å². The Morgan fingerprint density at radius 1 is 1.24 bits per heavy atom. The molecule has 0 aromatic heterocycles. The molecule has 1 aliphatic rings. The van der Waals surface area contributed by atoms with Crippen molar-refractivity contribution in [1.82, 2.24) is 4.31 Å². The number of hydrogen-bond donors (Lipinski definition) is 0. The number of sulfonamides is 1. The Kier molecular flexibility index (Phi) is 2.99. The van der Waals surface area contributed by atoms with E-state index >= 15 is 0 Å². The second-order valence-electron chi connectivity index (χ2n) is 5.21. The van der Waals surface area contributed by atoms with Crippen LogP contribution in [-0.4, -0.2) is 25.8 Å². The number of halogens is 1. The molecule has 5 heteroatoms. The average Bonchev–Trinajstić information content (AvgIpc) is 2.60. The Balaban J connectivity index is 2.29. The molecular weight excluding hydrogens is 241 g/mol. The highest BCUT2D eigenvalue weighted by Crippen LogP contribution is 2.32. The molecule has 0 unspecified atom stereocenters. The Morgan fingerprint density at radius 3 is 2.29 bits per heavy atom. The maximum absolute atomic E-state index is 12.8. The second-order valence-corrected chi connectivity index (χ2v) is 7.14. The molecule has 0 amide bonds. The topological polar surface area (TPSA) is 37.4 Å². The molecule has 94 valence electrons.